The van der Waals surface area contributed by atoms with E-state index >= 15 is 0 Å². The van der Waals surface area contributed by atoms with Crippen LogP contribution in [0.4, 0.5) is 5.82 Å². The van der Waals surface area contributed by atoms with Crippen molar-refractivity contribution in [3.05, 3.63) is 101 Å². The van der Waals surface area contributed by atoms with Crippen LogP contribution in [0.3, 0.4) is 0 Å². The third-order valence-corrected chi connectivity index (χ3v) is 15.3. The number of nitrogens with zero attached hydrogens (tertiary/aromatic N) is 3. The van der Waals surface area contributed by atoms with Crippen molar-refractivity contribution in [3.63, 3.8) is 0 Å². The van der Waals surface area contributed by atoms with Gasteiger partial charge < -0.3 is 28.5 Å². The van der Waals surface area contributed by atoms with Crippen molar-refractivity contribution in [2.75, 3.05) is 26.6 Å². The number of fused-ring (bicyclic) bond motifs is 1. The molecule has 0 aliphatic heterocycles. The molecule has 1 fully saturated rings. The Balaban J connectivity index is 1.36. The van der Waals surface area contributed by atoms with Gasteiger partial charge in [-0.1, -0.05) is 81.4 Å². The number of carbonyl (C=O) groups is 1. The summed E-state index contributed by atoms with van der Waals surface area (Å²) in [6, 6.07) is 26.7. The van der Waals surface area contributed by atoms with Gasteiger partial charge in [-0.2, -0.15) is 0 Å². The van der Waals surface area contributed by atoms with Crippen LogP contribution in [0.15, 0.2) is 95.9 Å². The lowest BCUT2D eigenvalue weighted by Crippen LogP contribution is -2.68. The summed E-state index contributed by atoms with van der Waals surface area (Å²) in [4.78, 5) is 22.8. The van der Waals surface area contributed by atoms with Crippen LogP contribution in [-0.4, -0.2) is 56.3 Å². The second-order valence-corrected chi connectivity index (χ2v) is 18.5. The zero-order chi connectivity index (χ0) is 34.8. The topological polar surface area (TPSA) is 96.7 Å². The first-order chi connectivity index (χ1) is 23.6. The first kappa shape index (κ1) is 34.7. The van der Waals surface area contributed by atoms with Gasteiger partial charge in [0.2, 0.25) is 0 Å². The van der Waals surface area contributed by atoms with E-state index < -0.39 is 14.2 Å². The number of aromatic nitrogens is 3. The van der Waals surface area contributed by atoms with E-state index in [0.717, 1.165) is 32.6 Å². The van der Waals surface area contributed by atoms with Crippen LogP contribution in [0.5, 0.6) is 11.5 Å². The zero-order valence-electron chi connectivity index (χ0n) is 28.8. The molecule has 1 saturated carbocycles. The van der Waals surface area contributed by atoms with Crippen molar-refractivity contribution in [2.45, 2.75) is 57.3 Å². The molecule has 5 aromatic rings. The van der Waals surface area contributed by atoms with Gasteiger partial charge in [-0.25, -0.2) is 9.97 Å². The Labute approximate surface area is 297 Å². The molecule has 1 aliphatic carbocycles. The second kappa shape index (κ2) is 14.3. The van der Waals surface area contributed by atoms with Crippen molar-refractivity contribution < 1.29 is 23.4 Å². The predicted octanol–water partition coefficient (Wildman–Crippen LogP) is 6.89. The SMILES string of the molecule is COC(=O)[C@H]1C[C@@H](n2cc(Br)c3c(NCc4ccc(OC)cc4OC)ncnc32)C[C@@H]1O[Si](c1ccccc1)(c1ccccc1)C(C)(C)C. The van der Waals surface area contributed by atoms with E-state index in [1.165, 1.54) is 17.5 Å². The van der Waals surface area contributed by atoms with Gasteiger partial charge in [0.1, 0.15) is 29.3 Å². The van der Waals surface area contributed by atoms with Gasteiger partial charge in [0, 0.05) is 34.9 Å². The number of halogens is 1. The van der Waals surface area contributed by atoms with Crippen LogP contribution in [0.1, 0.15) is 45.2 Å². The fraction of sp³-hybridized carbons (Fsp3) is 0.342. The summed E-state index contributed by atoms with van der Waals surface area (Å²) >= 11 is 3.80. The molecule has 2 heterocycles. The van der Waals surface area contributed by atoms with E-state index in [4.69, 9.17) is 23.6 Å². The summed E-state index contributed by atoms with van der Waals surface area (Å²) in [5.41, 5.74) is 1.73. The lowest BCUT2D eigenvalue weighted by atomic mass is 10.1. The molecular weight excluding hydrogens is 700 g/mol. The Kier molecular flexibility index (Phi) is 10.1. The van der Waals surface area contributed by atoms with Crippen LogP contribution >= 0.6 is 15.9 Å². The van der Waals surface area contributed by atoms with E-state index in [1.807, 2.05) is 36.5 Å². The molecule has 6 rings (SSSR count). The maximum Gasteiger partial charge on any atom is 0.311 e. The molecule has 49 heavy (non-hydrogen) atoms. The summed E-state index contributed by atoms with van der Waals surface area (Å²) in [6.07, 6.45) is 4.42. The fourth-order valence-electron chi connectivity index (χ4n) is 7.28. The maximum atomic E-state index is 13.5. The molecule has 1 aliphatic rings. The molecule has 0 saturated heterocycles. The molecular formula is C38H43BrN4O5Si. The molecule has 256 valence electrons. The van der Waals surface area contributed by atoms with E-state index in [9.17, 15) is 4.79 Å². The first-order valence-corrected chi connectivity index (χ1v) is 19.1. The van der Waals surface area contributed by atoms with Crippen LogP contribution < -0.4 is 25.2 Å². The number of esters is 1. The summed E-state index contributed by atoms with van der Waals surface area (Å²) in [7, 11) is 1.80. The molecule has 0 spiro atoms. The molecule has 0 unspecified atom stereocenters. The summed E-state index contributed by atoms with van der Waals surface area (Å²) in [5.74, 6) is 1.43. The van der Waals surface area contributed by atoms with Crippen LogP contribution in [-0.2, 0) is 20.5 Å². The van der Waals surface area contributed by atoms with Crippen molar-refractivity contribution >= 4 is 57.4 Å². The lowest BCUT2D eigenvalue weighted by molar-refractivity contribution is -0.147. The Morgan fingerprint density at radius 3 is 2.20 bits per heavy atom. The molecule has 9 nitrogen and oxygen atoms in total. The summed E-state index contributed by atoms with van der Waals surface area (Å²) in [6.45, 7) is 7.24. The smallest absolute Gasteiger partial charge is 0.311 e. The lowest BCUT2D eigenvalue weighted by Gasteiger charge is -2.45. The summed E-state index contributed by atoms with van der Waals surface area (Å²) in [5, 5.41) is 6.45. The number of hydrogen-bond donors (Lipinski definition) is 1. The van der Waals surface area contributed by atoms with Crippen LogP contribution in [0.2, 0.25) is 5.04 Å². The van der Waals surface area contributed by atoms with E-state index in [2.05, 4.69) is 100 Å². The number of hydrogen-bond acceptors (Lipinski definition) is 8. The Bertz CT molecular complexity index is 1880. The van der Waals surface area contributed by atoms with Gasteiger partial charge in [-0.15, -0.1) is 0 Å². The highest BCUT2D eigenvalue weighted by molar-refractivity contribution is 9.10. The number of anilines is 1. The highest BCUT2D eigenvalue weighted by Crippen LogP contribution is 2.45. The van der Waals surface area contributed by atoms with Gasteiger partial charge in [-0.3, -0.25) is 4.79 Å². The quantitative estimate of drug-likeness (QED) is 0.116. The highest BCUT2D eigenvalue weighted by Gasteiger charge is 2.54. The average molecular weight is 744 g/mol. The van der Waals surface area contributed by atoms with E-state index in [-0.39, 0.29) is 23.2 Å². The largest absolute Gasteiger partial charge is 0.497 e. The third-order valence-electron chi connectivity index (χ3n) is 9.63. The Morgan fingerprint density at radius 2 is 1.61 bits per heavy atom. The number of rotatable bonds is 11. The minimum absolute atomic E-state index is 0.0643. The maximum absolute atomic E-state index is 13.5. The number of ether oxygens (including phenoxy) is 3. The van der Waals surface area contributed by atoms with Gasteiger partial charge in [-0.05, 0) is 56.3 Å². The first-order valence-electron chi connectivity index (χ1n) is 16.4. The number of nitrogens with one attached hydrogen (secondary N) is 1. The monoisotopic (exact) mass is 742 g/mol. The fourth-order valence-corrected chi connectivity index (χ4v) is 12.6. The Hall–Kier alpha value is -4.19. The van der Waals surface area contributed by atoms with Crippen molar-refractivity contribution in [1.82, 2.24) is 14.5 Å². The minimum atomic E-state index is -2.94. The van der Waals surface area contributed by atoms with Crippen molar-refractivity contribution in [1.29, 1.82) is 0 Å². The standard InChI is InChI=1S/C38H43BrN4O5Si/c1-38(2,3)49(28-13-9-7-10-14-28,29-15-11-8-12-16-29)48-33-20-26(19-30(33)37(44)47-6)43-23-31(39)34-35(41-24-42-36(34)43)40-22-25-17-18-27(45-4)21-32(25)46-5/h7-18,21,23-24,26,30,33H,19-20,22H2,1-6H3,(H,40,41,42)/t26-,30+,33+/m1/s1. The molecule has 3 aromatic carbocycles. The molecule has 3 atom stereocenters. The zero-order valence-corrected chi connectivity index (χ0v) is 31.4. The number of methoxy groups -OCH3 is 3. The number of carbonyl (C=O) groups excluding carboxylic acids is 1. The van der Waals surface area contributed by atoms with Crippen LogP contribution in [0.25, 0.3) is 11.0 Å². The van der Waals surface area contributed by atoms with Crippen molar-refractivity contribution in [2.24, 2.45) is 5.92 Å². The van der Waals surface area contributed by atoms with Gasteiger partial charge in [0.15, 0.2) is 0 Å². The molecule has 0 bridgehead atoms. The van der Waals surface area contributed by atoms with E-state index in [1.54, 1.807) is 20.5 Å². The molecule has 1 N–H and O–H groups in total. The van der Waals surface area contributed by atoms with Gasteiger partial charge in [0.25, 0.3) is 8.32 Å². The molecule has 2 aromatic heterocycles. The third kappa shape index (κ3) is 6.59. The van der Waals surface area contributed by atoms with E-state index in [0.29, 0.717) is 25.2 Å². The van der Waals surface area contributed by atoms with Crippen LogP contribution in [0, 0.1) is 5.92 Å². The minimum Gasteiger partial charge on any atom is -0.497 e. The average Bonchev–Trinajstić information content (AvgIpc) is 3.70. The van der Waals surface area contributed by atoms with Gasteiger partial charge >= 0.3 is 5.97 Å². The Morgan fingerprint density at radius 1 is 0.939 bits per heavy atom. The summed E-state index contributed by atoms with van der Waals surface area (Å²) < 4.78 is 26.9. The number of benzene rings is 3. The molecule has 11 heteroatoms. The second-order valence-electron chi connectivity index (χ2n) is 13.4. The predicted molar refractivity (Wildman–Crippen MR) is 198 cm³/mol. The van der Waals surface area contributed by atoms with Crippen molar-refractivity contribution in [3.8, 4) is 11.5 Å². The van der Waals surface area contributed by atoms with Gasteiger partial charge in [0.05, 0.1) is 38.7 Å². The highest BCUT2D eigenvalue weighted by atomic mass is 79.9. The normalized spacial score (nSPS) is 18.0. The molecule has 0 amide bonds. The molecule has 0 radical (unpaired) electrons.